The molecule has 1 N–H and O–H groups in total. The Balaban J connectivity index is 0.00000144. The van der Waals surface area contributed by atoms with Crippen LogP contribution in [0.4, 0.5) is 0 Å². The maximum absolute atomic E-state index is 3.47. The quantitative estimate of drug-likeness (QED) is 0.892. The van der Waals surface area contributed by atoms with Crippen LogP contribution in [0.5, 0.6) is 0 Å². The highest BCUT2D eigenvalue weighted by Crippen LogP contribution is 2.12. The zero-order valence-electron chi connectivity index (χ0n) is 10.8. The minimum atomic E-state index is 0. The summed E-state index contributed by atoms with van der Waals surface area (Å²) in [5.74, 6) is 0. The maximum atomic E-state index is 3.47. The van der Waals surface area contributed by atoms with E-state index in [1.807, 2.05) is 0 Å². The number of hydrogen-bond donors (Lipinski definition) is 1. The Labute approximate surface area is 111 Å². The monoisotopic (exact) mass is 254 g/mol. The standard InChI is InChI=1S/C14H22N2.ClH/c1-12-5-7-13(8-6-12)11-16(2)14-4-3-9-15-10-14;/h5-8,14-15H,3-4,9-11H2,1-2H3;1H. The van der Waals surface area contributed by atoms with Crippen LogP contribution in [0, 0.1) is 6.92 Å². The third-order valence-corrected chi connectivity index (χ3v) is 3.45. The van der Waals surface area contributed by atoms with Crippen LogP contribution in [0.15, 0.2) is 24.3 Å². The highest BCUT2D eigenvalue weighted by molar-refractivity contribution is 5.85. The molecule has 1 aliphatic rings. The van der Waals surface area contributed by atoms with Crippen LogP contribution < -0.4 is 5.32 Å². The molecule has 0 radical (unpaired) electrons. The molecule has 17 heavy (non-hydrogen) atoms. The van der Waals surface area contributed by atoms with E-state index in [0.717, 1.165) is 13.1 Å². The van der Waals surface area contributed by atoms with Gasteiger partial charge in [0, 0.05) is 19.1 Å². The lowest BCUT2D eigenvalue weighted by Gasteiger charge is -2.31. The van der Waals surface area contributed by atoms with Crippen molar-refractivity contribution in [2.24, 2.45) is 0 Å². The molecule has 0 aliphatic carbocycles. The average molecular weight is 255 g/mol. The second-order valence-corrected chi connectivity index (χ2v) is 4.90. The molecule has 1 fully saturated rings. The Morgan fingerprint density at radius 2 is 2.00 bits per heavy atom. The van der Waals surface area contributed by atoms with Crippen LogP contribution in [-0.4, -0.2) is 31.1 Å². The minimum Gasteiger partial charge on any atom is -0.315 e. The fourth-order valence-electron chi connectivity index (χ4n) is 2.32. The Kier molecular flexibility index (Phi) is 5.96. The fourth-order valence-corrected chi connectivity index (χ4v) is 2.32. The number of rotatable bonds is 3. The van der Waals surface area contributed by atoms with Gasteiger partial charge in [-0.05, 0) is 38.9 Å². The van der Waals surface area contributed by atoms with Crippen molar-refractivity contribution in [2.75, 3.05) is 20.1 Å². The van der Waals surface area contributed by atoms with Gasteiger partial charge in [-0.25, -0.2) is 0 Å². The molecule has 0 bridgehead atoms. The highest BCUT2D eigenvalue weighted by Gasteiger charge is 2.17. The molecular formula is C14H23ClN2. The number of nitrogens with zero attached hydrogens (tertiary/aromatic N) is 1. The van der Waals surface area contributed by atoms with Crippen LogP contribution >= 0.6 is 12.4 Å². The van der Waals surface area contributed by atoms with Gasteiger partial charge in [-0.15, -0.1) is 12.4 Å². The lowest BCUT2D eigenvalue weighted by atomic mass is 10.1. The van der Waals surface area contributed by atoms with Gasteiger partial charge in [0.15, 0.2) is 0 Å². The van der Waals surface area contributed by atoms with E-state index in [2.05, 4.69) is 48.5 Å². The number of likely N-dealkylation sites (N-methyl/N-ethyl adjacent to an activating group) is 1. The van der Waals surface area contributed by atoms with Gasteiger partial charge in [0.25, 0.3) is 0 Å². The molecular weight excluding hydrogens is 232 g/mol. The number of nitrogens with one attached hydrogen (secondary N) is 1. The summed E-state index contributed by atoms with van der Waals surface area (Å²) in [6.07, 6.45) is 2.64. The lowest BCUT2D eigenvalue weighted by Crippen LogP contribution is -2.43. The van der Waals surface area contributed by atoms with E-state index in [1.165, 1.54) is 30.5 Å². The molecule has 1 atom stereocenters. The SMILES string of the molecule is Cc1ccc(CN(C)C2CCCNC2)cc1.Cl. The number of benzene rings is 1. The minimum absolute atomic E-state index is 0. The molecule has 2 rings (SSSR count). The molecule has 1 aliphatic heterocycles. The summed E-state index contributed by atoms with van der Waals surface area (Å²) >= 11 is 0. The van der Waals surface area contributed by atoms with Crippen molar-refractivity contribution in [1.29, 1.82) is 0 Å². The topological polar surface area (TPSA) is 15.3 Å². The molecule has 1 unspecified atom stereocenters. The maximum Gasteiger partial charge on any atom is 0.0234 e. The number of piperidine rings is 1. The molecule has 0 aromatic heterocycles. The molecule has 0 saturated carbocycles. The largest absolute Gasteiger partial charge is 0.315 e. The molecule has 0 spiro atoms. The predicted octanol–water partition coefficient (Wildman–Crippen LogP) is 2.60. The summed E-state index contributed by atoms with van der Waals surface area (Å²) in [5.41, 5.74) is 2.75. The average Bonchev–Trinajstić information content (AvgIpc) is 2.33. The van der Waals surface area contributed by atoms with Crippen LogP contribution in [0.2, 0.25) is 0 Å². The van der Waals surface area contributed by atoms with Gasteiger partial charge in [0.05, 0.1) is 0 Å². The van der Waals surface area contributed by atoms with Gasteiger partial charge < -0.3 is 5.32 Å². The molecule has 2 nitrogen and oxygen atoms in total. The Morgan fingerprint density at radius 3 is 2.59 bits per heavy atom. The van der Waals surface area contributed by atoms with Crippen molar-refractivity contribution in [2.45, 2.75) is 32.4 Å². The second-order valence-electron chi connectivity index (χ2n) is 4.90. The van der Waals surface area contributed by atoms with Gasteiger partial charge in [-0.1, -0.05) is 29.8 Å². The summed E-state index contributed by atoms with van der Waals surface area (Å²) in [4.78, 5) is 2.47. The first-order chi connectivity index (χ1) is 7.75. The molecule has 3 heteroatoms. The van der Waals surface area contributed by atoms with Crippen molar-refractivity contribution >= 4 is 12.4 Å². The molecule has 1 heterocycles. The summed E-state index contributed by atoms with van der Waals surface area (Å²) in [7, 11) is 2.23. The van der Waals surface area contributed by atoms with Crippen LogP contribution in [-0.2, 0) is 6.54 Å². The smallest absolute Gasteiger partial charge is 0.0234 e. The van der Waals surface area contributed by atoms with E-state index in [9.17, 15) is 0 Å². The summed E-state index contributed by atoms with van der Waals surface area (Å²) in [6, 6.07) is 9.57. The van der Waals surface area contributed by atoms with Crippen LogP contribution in [0.3, 0.4) is 0 Å². The Bertz CT molecular complexity index is 317. The first-order valence-corrected chi connectivity index (χ1v) is 6.22. The van der Waals surface area contributed by atoms with E-state index < -0.39 is 0 Å². The first kappa shape index (κ1) is 14.5. The van der Waals surface area contributed by atoms with Gasteiger partial charge in [-0.3, -0.25) is 4.90 Å². The van der Waals surface area contributed by atoms with Crippen molar-refractivity contribution < 1.29 is 0 Å². The second kappa shape index (κ2) is 7.00. The summed E-state index contributed by atoms with van der Waals surface area (Å²) in [6.45, 7) is 5.53. The third kappa shape index (κ3) is 4.30. The van der Waals surface area contributed by atoms with E-state index in [1.54, 1.807) is 0 Å². The molecule has 1 saturated heterocycles. The van der Waals surface area contributed by atoms with Crippen molar-refractivity contribution in [3.63, 3.8) is 0 Å². The van der Waals surface area contributed by atoms with E-state index in [0.29, 0.717) is 6.04 Å². The zero-order chi connectivity index (χ0) is 11.4. The van der Waals surface area contributed by atoms with Crippen molar-refractivity contribution in [1.82, 2.24) is 10.2 Å². The Morgan fingerprint density at radius 1 is 1.29 bits per heavy atom. The van der Waals surface area contributed by atoms with Crippen molar-refractivity contribution in [3.8, 4) is 0 Å². The molecule has 1 aromatic carbocycles. The van der Waals surface area contributed by atoms with E-state index >= 15 is 0 Å². The third-order valence-electron chi connectivity index (χ3n) is 3.45. The normalized spacial score (nSPS) is 20.1. The van der Waals surface area contributed by atoms with E-state index in [4.69, 9.17) is 0 Å². The first-order valence-electron chi connectivity index (χ1n) is 6.22. The van der Waals surface area contributed by atoms with Crippen LogP contribution in [0.1, 0.15) is 24.0 Å². The summed E-state index contributed by atoms with van der Waals surface area (Å²) < 4.78 is 0. The molecule has 1 aromatic rings. The van der Waals surface area contributed by atoms with Gasteiger partial charge in [0.2, 0.25) is 0 Å². The Hall–Kier alpha value is -0.570. The van der Waals surface area contributed by atoms with Gasteiger partial charge in [0.1, 0.15) is 0 Å². The predicted molar refractivity (Wildman–Crippen MR) is 75.8 cm³/mol. The molecule has 96 valence electrons. The van der Waals surface area contributed by atoms with Crippen molar-refractivity contribution in [3.05, 3.63) is 35.4 Å². The van der Waals surface area contributed by atoms with Gasteiger partial charge >= 0.3 is 0 Å². The molecule has 0 amide bonds. The number of halogens is 1. The van der Waals surface area contributed by atoms with E-state index in [-0.39, 0.29) is 12.4 Å². The highest BCUT2D eigenvalue weighted by atomic mass is 35.5. The number of aryl methyl sites for hydroxylation is 1. The van der Waals surface area contributed by atoms with Crippen LogP contribution in [0.25, 0.3) is 0 Å². The summed E-state index contributed by atoms with van der Waals surface area (Å²) in [5, 5.41) is 3.47. The lowest BCUT2D eigenvalue weighted by molar-refractivity contribution is 0.196. The fraction of sp³-hybridized carbons (Fsp3) is 0.571. The zero-order valence-corrected chi connectivity index (χ0v) is 11.6. The number of hydrogen-bond acceptors (Lipinski definition) is 2. The van der Waals surface area contributed by atoms with Gasteiger partial charge in [-0.2, -0.15) is 0 Å².